The maximum atomic E-state index is 5.52. The monoisotopic (exact) mass is 238 g/mol. The van der Waals surface area contributed by atoms with Crippen molar-refractivity contribution < 1.29 is 4.42 Å². The highest BCUT2D eigenvalue weighted by molar-refractivity contribution is 5.19. The zero-order valence-corrected chi connectivity index (χ0v) is 10.7. The first-order chi connectivity index (χ1) is 8.28. The van der Waals surface area contributed by atoms with Crippen LogP contribution < -0.4 is 10.6 Å². The Morgan fingerprint density at radius 2 is 2.00 bits per heavy atom. The van der Waals surface area contributed by atoms with Crippen LogP contribution in [0.15, 0.2) is 4.42 Å². The van der Waals surface area contributed by atoms with Crippen LogP contribution in [0.2, 0.25) is 0 Å². The number of nitrogens with one attached hydrogen (secondary N) is 2. The van der Waals surface area contributed by atoms with Gasteiger partial charge in [-0.15, -0.1) is 5.10 Å². The summed E-state index contributed by atoms with van der Waals surface area (Å²) < 4.78 is 5.52. The van der Waals surface area contributed by atoms with E-state index in [2.05, 4.69) is 34.7 Å². The van der Waals surface area contributed by atoms with E-state index < -0.39 is 0 Å². The molecule has 0 aliphatic heterocycles. The van der Waals surface area contributed by atoms with Crippen molar-refractivity contribution in [1.82, 2.24) is 15.5 Å². The number of aromatic nitrogens is 2. The molecule has 0 aromatic carbocycles. The van der Waals surface area contributed by atoms with E-state index in [1.54, 1.807) is 0 Å². The SMILES string of the molecule is CCNCc1nnc(NC2CCC(C)CC2)o1. The molecule has 1 aliphatic carbocycles. The van der Waals surface area contributed by atoms with E-state index in [1.807, 2.05) is 0 Å². The summed E-state index contributed by atoms with van der Waals surface area (Å²) in [6, 6.07) is 1.07. The predicted octanol–water partition coefficient (Wildman–Crippen LogP) is 2.17. The molecule has 1 saturated carbocycles. The van der Waals surface area contributed by atoms with Crippen LogP contribution in [0, 0.1) is 5.92 Å². The third-order valence-corrected chi connectivity index (χ3v) is 3.34. The molecular weight excluding hydrogens is 216 g/mol. The van der Waals surface area contributed by atoms with Crippen molar-refractivity contribution in [3.63, 3.8) is 0 Å². The second-order valence-corrected chi connectivity index (χ2v) is 4.88. The maximum Gasteiger partial charge on any atom is 0.315 e. The molecule has 0 amide bonds. The summed E-state index contributed by atoms with van der Waals surface area (Å²) >= 11 is 0. The van der Waals surface area contributed by atoms with Crippen LogP contribution in [0.5, 0.6) is 0 Å². The Kier molecular flexibility index (Phi) is 4.36. The van der Waals surface area contributed by atoms with Gasteiger partial charge in [0.1, 0.15) is 0 Å². The first-order valence-corrected chi connectivity index (χ1v) is 6.57. The Balaban J connectivity index is 1.80. The average Bonchev–Trinajstić information content (AvgIpc) is 2.77. The van der Waals surface area contributed by atoms with Gasteiger partial charge >= 0.3 is 6.01 Å². The lowest BCUT2D eigenvalue weighted by Gasteiger charge is -2.25. The van der Waals surface area contributed by atoms with E-state index in [0.717, 1.165) is 12.5 Å². The van der Waals surface area contributed by atoms with Gasteiger partial charge in [0.05, 0.1) is 6.54 Å². The van der Waals surface area contributed by atoms with Crippen LogP contribution in [-0.2, 0) is 6.54 Å². The fourth-order valence-corrected chi connectivity index (χ4v) is 2.19. The standard InChI is InChI=1S/C12H22N4O/c1-3-13-8-11-15-16-12(17-11)14-10-6-4-9(2)5-7-10/h9-10,13H,3-8H2,1-2H3,(H,14,16). The quantitative estimate of drug-likeness (QED) is 0.823. The molecule has 0 atom stereocenters. The minimum absolute atomic E-state index is 0.499. The van der Waals surface area contributed by atoms with E-state index in [9.17, 15) is 0 Å². The fourth-order valence-electron chi connectivity index (χ4n) is 2.19. The lowest BCUT2D eigenvalue weighted by atomic mass is 9.87. The van der Waals surface area contributed by atoms with Crippen molar-refractivity contribution >= 4 is 6.01 Å². The molecule has 0 bridgehead atoms. The van der Waals surface area contributed by atoms with Crippen LogP contribution in [-0.4, -0.2) is 22.8 Å². The smallest absolute Gasteiger partial charge is 0.315 e. The second kappa shape index (κ2) is 6.00. The lowest BCUT2D eigenvalue weighted by molar-refractivity contribution is 0.355. The highest BCUT2D eigenvalue weighted by Crippen LogP contribution is 2.25. The summed E-state index contributed by atoms with van der Waals surface area (Å²) in [5, 5.41) is 14.5. The highest BCUT2D eigenvalue weighted by Gasteiger charge is 2.19. The molecule has 5 nitrogen and oxygen atoms in total. The van der Waals surface area contributed by atoms with Crippen molar-refractivity contribution in [3.05, 3.63) is 5.89 Å². The first-order valence-electron chi connectivity index (χ1n) is 6.57. The summed E-state index contributed by atoms with van der Waals surface area (Å²) in [5.41, 5.74) is 0. The maximum absolute atomic E-state index is 5.52. The van der Waals surface area contributed by atoms with Gasteiger partial charge in [-0.1, -0.05) is 18.9 Å². The summed E-state index contributed by atoms with van der Waals surface area (Å²) in [4.78, 5) is 0. The van der Waals surface area contributed by atoms with Crippen molar-refractivity contribution in [2.45, 2.75) is 52.1 Å². The van der Waals surface area contributed by atoms with Crippen LogP contribution >= 0.6 is 0 Å². The molecular formula is C12H22N4O. The predicted molar refractivity (Wildman–Crippen MR) is 66.7 cm³/mol. The van der Waals surface area contributed by atoms with Gasteiger partial charge in [-0.25, -0.2) is 0 Å². The van der Waals surface area contributed by atoms with Gasteiger partial charge in [-0.3, -0.25) is 0 Å². The van der Waals surface area contributed by atoms with Gasteiger partial charge in [-0.05, 0) is 38.1 Å². The van der Waals surface area contributed by atoms with Gasteiger partial charge in [0.25, 0.3) is 0 Å². The van der Waals surface area contributed by atoms with Crippen molar-refractivity contribution in [1.29, 1.82) is 0 Å². The minimum atomic E-state index is 0.499. The van der Waals surface area contributed by atoms with Gasteiger partial charge < -0.3 is 15.1 Å². The zero-order valence-electron chi connectivity index (χ0n) is 10.7. The van der Waals surface area contributed by atoms with Gasteiger partial charge in [0.15, 0.2) is 0 Å². The molecule has 5 heteroatoms. The van der Waals surface area contributed by atoms with Crippen molar-refractivity contribution in [2.75, 3.05) is 11.9 Å². The highest BCUT2D eigenvalue weighted by atomic mass is 16.4. The Hall–Kier alpha value is -1.10. The van der Waals surface area contributed by atoms with Gasteiger partial charge in [-0.2, -0.15) is 0 Å². The third-order valence-electron chi connectivity index (χ3n) is 3.34. The number of anilines is 1. The Morgan fingerprint density at radius 1 is 1.24 bits per heavy atom. The van der Waals surface area contributed by atoms with E-state index in [0.29, 0.717) is 24.5 Å². The molecule has 2 N–H and O–H groups in total. The largest absolute Gasteiger partial charge is 0.407 e. The van der Waals surface area contributed by atoms with E-state index in [-0.39, 0.29) is 0 Å². The van der Waals surface area contributed by atoms with Crippen LogP contribution in [0.1, 0.15) is 45.4 Å². The van der Waals surface area contributed by atoms with E-state index in [4.69, 9.17) is 4.42 Å². The normalized spacial score (nSPS) is 24.8. The van der Waals surface area contributed by atoms with Crippen LogP contribution in [0.4, 0.5) is 6.01 Å². The summed E-state index contributed by atoms with van der Waals surface area (Å²) in [6.45, 7) is 5.93. The second-order valence-electron chi connectivity index (χ2n) is 4.88. The molecule has 1 aliphatic rings. The lowest BCUT2D eigenvalue weighted by Crippen LogP contribution is -2.25. The number of nitrogens with zero attached hydrogens (tertiary/aromatic N) is 2. The molecule has 0 radical (unpaired) electrons. The number of hydrogen-bond donors (Lipinski definition) is 2. The average molecular weight is 238 g/mol. The summed E-state index contributed by atoms with van der Waals surface area (Å²) in [6.07, 6.45) is 4.98. The molecule has 1 fully saturated rings. The molecule has 2 rings (SSSR count). The molecule has 0 saturated heterocycles. The Bertz CT molecular complexity index is 331. The van der Waals surface area contributed by atoms with Crippen molar-refractivity contribution in [2.24, 2.45) is 5.92 Å². The third kappa shape index (κ3) is 3.70. The topological polar surface area (TPSA) is 63.0 Å². The van der Waals surface area contributed by atoms with Gasteiger partial charge in [0.2, 0.25) is 5.89 Å². The van der Waals surface area contributed by atoms with E-state index >= 15 is 0 Å². The molecule has 1 heterocycles. The Morgan fingerprint density at radius 3 is 2.71 bits per heavy atom. The summed E-state index contributed by atoms with van der Waals surface area (Å²) in [7, 11) is 0. The number of hydrogen-bond acceptors (Lipinski definition) is 5. The molecule has 96 valence electrons. The molecule has 0 spiro atoms. The fraction of sp³-hybridized carbons (Fsp3) is 0.833. The van der Waals surface area contributed by atoms with E-state index in [1.165, 1.54) is 25.7 Å². The zero-order chi connectivity index (χ0) is 12.1. The molecule has 0 unspecified atom stereocenters. The summed E-state index contributed by atoms with van der Waals surface area (Å²) in [5.74, 6) is 1.51. The molecule has 17 heavy (non-hydrogen) atoms. The first kappa shape index (κ1) is 12.4. The molecule has 1 aromatic rings. The Labute approximate surface area is 102 Å². The van der Waals surface area contributed by atoms with Crippen molar-refractivity contribution in [3.8, 4) is 0 Å². The van der Waals surface area contributed by atoms with Crippen LogP contribution in [0.3, 0.4) is 0 Å². The molecule has 1 aromatic heterocycles. The minimum Gasteiger partial charge on any atom is -0.407 e. The van der Waals surface area contributed by atoms with Crippen LogP contribution in [0.25, 0.3) is 0 Å². The number of rotatable bonds is 5. The van der Waals surface area contributed by atoms with Gasteiger partial charge in [0, 0.05) is 6.04 Å².